The molecule has 260 valence electrons. The minimum absolute atomic E-state index is 0.0606. The van der Waals surface area contributed by atoms with Gasteiger partial charge in [0.2, 0.25) is 5.79 Å². The Bertz CT molecular complexity index is 1320. The molecule has 0 aromatic rings. The summed E-state index contributed by atoms with van der Waals surface area (Å²) in [6.07, 6.45) is 2.30. The molecular formula is C34H53NO11. The third kappa shape index (κ3) is 4.01. The number of esters is 1. The molecule has 4 aliphatic carbocycles. The molecule has 7 N–H and O–H groups in total. The van der Waals surface area contributed by atoms with Gasteiger partial charge in [0.05, 0.1) is 11.7 Å². The van der Waals surface area contributed by atoms with E-state index in [1.54, 1.807) is 26.8 Å². The predicted octanol–water partition coefficient (Wildman–Crippen LogP) is 1.08. The molecule has 4 saturated carbocycles. The predicted molar refractivity (Wildman–Crippen MR) is 163 cm³/mol. The summed E-state index contributed by atoms with van der Waals surface area (Å²) in [7, 11) is 0. The van der Waals surface area contributed by atoms with Crippen molar-refractivity contribution in [1.29, 1.82) is 0 Å². The first kappa shape index (κ1) is 34.2. The van der Waals surface area contributed by atoms with Gasteiger partial charge in [-0.3, -0.25) is 9.69 Å². The van der Waals surface area contributed by atoms with Gasteiger partial charge in [-0.1, -0.05) is 19.9 Å². The summed E-state index contributed by atoms with van der Waals surface area (Å²) in [5, 5.41) is 81.4. The average Bonchev–Trinajstić information content (AvgIpc) is 3.13. The van der Waals surface area contributed by atoms with Gasteiger partial charge in [-0.15, -0.1) is 0 Å². The second-order valence-electron chi connectivity index (χ2n) is 16.2. The molecule has 0 radical (unpaired) electrons. The van der Waals surface area contributed by atoms with Crippen LogP contribution in [0.1, 0.15) is 92.9 Å². The Morgan fingerprint density at radius 2 is 1.54 bits per heavy atom. The van der Waals surface area contributed by atoms with Gasteiger partial charge in [0.15, 0.2) is 6.10 Å². The number of nitrogens with zero attached hydrogens (tertiary/aromatic N) is 1. The van der Waals surface area contributed by atoms with Crippen molar-refractivity contribution in [2.24, 2.45) is 29.1 Å². The third-order valence-electron chi connectivity index (χ3n) is 14.1. The zero-order valence-electron chi connectivity index (χ0n) is 27.9. The first-order chi connectivity index (χ1) is 21.2. The van der Waals surface area contributed by atoms with Crippen molar-refractivity contribution in [3.8, 4) is 0 Å². The van der Waals surface area contributed by atoms with E-state index < -0.39 is 81.1 Å². The Balaban J connectivity index is 0.000000879. The number of rotatable bonds is 2. The van der Waals surface area contributed by atoms with Gasteiger partial charge in [-0.2, -0.15) is 0 Å². The molecule has 7 fully saturated rings. The SMILES string of the molecule is C/C=C(/C)C(=O)O[C@H]1CC[C@@]2(C)[C@@H]3CC[C@H]4[C@]5(O)C[C@H](O)[C@@]6(O)[C@@H](CN7C[C@@H](C)CC[C@H]7[C@@]6(C)O)[C@]5(O)C[C@@]42O[C@@]13O.CC(=O)O. The fraction of sp³-hybridized carbons (Fsp3) is 0.882. The normalized spacial score (nSPS) is 55.6. The van der Waals surface area contributed by atoms with E-state index in [1.165, 1.54) is 0 Å². The highest BCUT2D eigenvalue weighted by atomic mass is 16.7. The highest BCUT2D eigenvalue weighted by Gasteiger charge is 2.88. The van der Waals surface area contributed by atoms with E-state index in [-0.39, 0.29) is 25.4 Å². The second-order valence-corrected chi connectivity index (χ2v) is 16.2. The maximum atomic E-state index is 12.9. The van der Waals surface area contributed by atoms with Crippen LogP contribution < -0.4 is 0 Å². The van der Waals surface area contributed by atoms with E-state index in [2.05, 4.69) is 11.8 Å². The van der Waals surface area contributed by atoms with Gasteiger partial charge in [-0.25, -0.2) is 4.79 Å². The Morgan fingerprint density at radius 3 is 2.17 bits per heavy atom. The van der Waals surface area contributed by atoms with Gasteiger partial charge >= 0.3 is 5.97 Å². The number of carbonyl (C=O) groups is 2. The van der Waals surface area contributed by atoms with Crippen LogP contribution in [0.2, 0.25) is 0 Å². The topological polar surface area (TPSA) is 197 Å². The number of aliphatic hydroxyl groups is 6. The largest absolute Gasteiger partial charge is 0.481 e. The van der Waals surface area contributed by atoms with Crippen molar-refractivity contribution in [2.45, 2.75) is 145 Å². The zero-order chi connectivity index (χ0) is 34.0. The van der Waals surface area contributed by atoms with Crippen LogP contribution in [0, 0.1) is 29.1 Å². The van der Waals surface area contributed by atoms with Crippen molar-refractivity contribution in [3.05, 3.63) is 11.6 Å². The first-order valence-electron chi connectivity index (χ1n) is 17.0. The molecule has 46 heavy (non-hydrogen) atoms. The number of carbonyl (C=O) groups excluding carboxylic acids is 1. The van der Waals surface area contributed by atoms with Crippen LogP contribution >= 0.6 is 0 Å². The molecule has 4 bridgehead atoms. The number of hydrogen-bond acceptors (Lipinski definition) is 11. The molecule has 12 nitrogen and oxygen atoms in total. The standard InChI is InChI=1S/C32H49NO9.C2H4O2/c1-6-18(3)25(35)41-24-11-12-26(4)19-8-9-20-28(37)13-23(34)31(39)21(29(28,38)16-30(20,26)42-32(19,24)40)15-33-14-17(2)7-10-22(33)27(31,5)36;1-2(3)4/h6,17,19-24,34,36-40H,7-16H2,1-5H3;1H3,(H,3,4)/b18-6-;/t17-,19-,20-,21-,22-,23-,24-,26-,27+,28+,29+,30+,31-,32+;/m0./s1. The van der Waals surface area contributed by atoms with Gasteiger partial charge in [0.1, 0.15) is 22.4 Å². The van der Waals surface area contributed by atoms with Crippen molar-refractivity contribution in [1.82, 2.24) is 4.90 Å². The second kappa shape index (κ2) is 10.4. The average molecular weight is 652 g/mol. The van der Waals surface area contributed by atoms with E-state index in [1.807, 2.05) is 6.92 Å². The minimum atomic E-state index is -2.06. The number of aliphatic hydroxyl groups excluding tert-OH is 1. The van der Waals surface area contributed by atoms with Crippen LogP contribution in [-0.4, -0.2) is 118 Å². The molecule has 0 amide bonds. The van der Waals surface area contributed by atoms with Crippen molar-refractivity contribution in [3.63, 3.8) is 0 Å². The van der Waals surface area contributed by atoms with Crippen LogP contribution in [0.5, 0.6) is 0 Å². The van der Waals surface area contributed by atoms with E-state index >= 15 is 0 Å². The fourth-order valence-corrected chi connectivity index (χ4v) is 11.8. The summed E-state index contributed by atoms with van der Waals surface area (Å²) < 4.78 is 12.6. The van der Waals surface area contributed by atoms with Gasteiger partial charge in [-0.05, 0) is 65.2 Å². The van der Waals surface area contributed by atoms with Crippen LogP contribution in [0.25, 0.3) is 0 Å². The molecule has 14 atom stereocenters. The summed E-state index contributed by atoms with van der Waals surface area (Å²) in [5.74, 6) is -4.88. The Kier molecular flexibility index (Phi) is 7.76. The molecule has 12 heteroatoms. The van der Waals surface area contributed by atoms with E-state index in [4.69, 9.17) is 19.4 Å². The number of allylic oxidation sites excluding steroid dienone is 1. The highest BCUT2D eigenvalue weighted by Crippen LogP contribution is 2.78. The summed E-state index contributed by atoms with van der Waals surface area (Å²) in [5.41, 5.74) is -8.96. The van der Waals surface area contributed by atoms with Crippen molar-refractivity contribution < 1.29 is 54.8 Å². The molecular weight excluding hydrogens is 598 g/mol. The summed E-state index contributed by atoms with van der Waals surface area (Å²) >= 11 is 0. The number of ether oxygens (including phenoxy) is 2. The smallest absolute Gasteiger partial charge is 0.333 e. The number of aliphatic carboxylic acids is 1. The van der Waals surface area contributed by atoms with E-state index in [9.17, 15) is 35.4 Å². The molecule has 0 aromatic heterocycles. The number of carboxylic acids is 1. The molecule has 7 rings (SSSR count). The maximum absolute atomic E-state index is 12.9. The van der Waals surface area contributed by atoms with Crippen molar-refractivity contribution >= 4 is 11.9 Å². The number of carboxylic acid groups (broad SMARTS) is 1. The van der Waals surface area contributed by atoms with Gasteiger partial charge in [0.25, 0.3) is 5.97 Å². The molecule has 3 heterocycles. The van der Waals surface area contributed by atoms with Crippen molar-refractivity contribution in [2.75, 3.05) is 13.1 Å². The first-order valence-corrected chi connectivity index (χ1v) is 17.0. The van der Waals surface area contributed by atoms with Crippen LogP contribution in [-0.2, 0) is 19.1 Å². The lowest BCUT2D eigenvalue weighted by Gasteiger charge is -2.68. The Morgan fingerprint density at radius 1 is 0.913 bits per heavy atom. The van der Waals surface area contributed by atoms with Gasteiger partial charge < -0.3 is 45.2 Å². The van der Waals surface area contributed by atoms with Crippen LogP contribution in [0.3, 0.4) is 0 Å². The Hall–Kier alpha value is -1.64. The number of fused-ring (bicyclic) bond motifs is 5. The molecule has 0 unspecified atom stereocenters. The summed E-state index contributed by atoms with van der Waals surface area (Å²) in [6, 6.07) is -0.387. The monoisotopic (exact) mass is 651 g/mol. The van der Waals surface area contributed by atoms with E-state index in [0.717, 1.165) is 13.3 Å². The van der Waals surface area contributed by atoms with E-state index in [0.29, 0.717) is 50.1 Å². The lowest BCUT2D eigenvalue weighted by molar-refractivity contribution is -0.354. The highest BCUT2D eigenvalue weighted by molar-refractivity contribution is 5.87. The third-order valence-corrected chi connectivity index (χ3v) is 14.1. The quantitative estimate of drug-likeness (QED) is 0.166. The van der Waals surface area contributed by atoms with Crippen LogP contribution in [0.15, 0.2) is 11.6 Å². The lowest BCUT2D eigenvalue weighted by atomic mass is 9.49. The molecule has 3 aliphatic heterocycles. The molecule has 1 spiro atoms. The lowest BCUT2D eigenvalue weighted by Crippen LogP contribution is -2.85. The molecule has 0 aromatic carbocycles. The van der Waals surface area contributed by atoms with Crippen LogP contribution in [0.4, 0.5) is 0 Å². The molecule has 7 aliphatic rings. The fourth-order valence-electron chi connectivity index (χ4n) is 11.8. The van der Waals surface area contributed by atoms with Gasteiger partial charge in [0, 0.05) is 67.6 Å². The minimum Gasteiger partial charge on any atom is -0.481 e. The number of hydrogen-bond donors (Lipinski definition) is 7. The zero-order valence-corrected chi connectivity index (χ0v) is 27.9. The summed E-state index contributed by atoms with van der Waals surface area (Å²) in [6.45, 7) is 11.1. The molecule has 3 saturated heterocycles. The summed E-state index contributed by atoms with van der Waals surface area (Å²) in [4.78, 5) is 23.9. The Labute approximate surface area is 270 Å². The maximum Gasteiger partial charge on any atom is 0.333 e. The number of piperidine rings is 2.